The van der Waals surface area contributed by atoms with Gasteiger partial charge in [-0.25, -0.2) is 4.79 Å². The molecule has 0 fully saturated rings. The molecule has 0 aliphatic rings. The van der Waals surface area contributed by atoms with Gasteiger partial charge in [0.2, 0.25) is 0 Å². The lowest BCUT2D eigenvalue weighted by Gasteiger charge is -2.22. The summed E-state index contributed by atoms with van der Waals surface area (Å²) in [6.45, 7) is 15.2. The second kappa shape index (κ2) is 11.6. The van der Waals surface area contributed by atoms with E-state index in [-0.39, 0.29) is 0 Å². The Hall–Kier alpha value is -3.08. The van der Waals surface area contributed by atoms with Crippen LogP contribution in [0.4, 0.5) is 4.79 Å². The summed E-state index contributed by atoms with van der Waals surface area (Å²) in [6.07, 6.45) is 2.48. The molecule has 1 amide bonds. The Balaban J connectivity index is 2.17. The Morgan fingerprint density at radius 1 is 1.09 bits per heavy atom. The highest BCUT2D eigenvalue weighted by molar-refractivity contribution is 5.97. The van der Waals surface area contributed by atoms with Crippen LogP contribution in [0.5, 0.6) is 5.75 Å². The predicted octanol–water partition coefficient (Wildman–Crippen LogP) is 7.61. The van der Waals surface area contributed by atoms with Gasteiger partial charge < -0.3 is 14.8 Å². The molecule has 0 saturated heterocycles. The second-order valence-corrected chi connectivity index (χ2v) is 10.6. The van der Waals surface area contributed by atoms with Crippen LogP contribution in [0.25, 0.3) is 22.0 Å². The van der Waals surface area contributed by atoms with E-state index >= 15 is 0 Å². The van der Waals surface area contributed by atoms with Crippen molar-refractivity contribution in [2.45, 2.75) is 79.9 Å². The molecule has 1 heterocycles. The van der Waals surface area contributed by atoms with Crippen LogP contribution in [0.3, 0.4) is 0 Å². The third kappa shape index (κ3) is 7.45. The number of alkyl carbamates (subject to hydrolysis) is 1. The largest absolute Gasteiger partial charge is 0.494 e. The van der Waals surface area contributed by atoms with E-state index in [0.29, 0.717) is 19.1 Å². The molecule has 0 aliphatic heterocycles. The van der Waals surface area contributed by atoms with Crippen molar-refractivity contribution in [3.05, 3.63) is 59.3 Å². The molecule has 3 aromatic rings. The van der Waals surface area contributed by atoms with E-state index in [1.54, 1.807) is 0 Å². The van der Waals surface area contributed by atoms with Crippen molar-refractivity contribution < 1.29 is 14.3 Å². The smallest absolute Gasteiger partial charge is 0.407 e. The fraction of sp³-hybridized carbons (Fsp3) is 0.467. The summed E-state index contributed by atoms with van der Waals surface area (Å²) in [5, 5.41) is 4.00. The zero-order chi connectivity index (χ0) is 25.6. The number of rotatable bonds is 9. The van der Waals surface area contributed by atoms with Crippen molar-refractivity contribution in [3.8, 4) is 16.9 Å². The topological polar surface area (TPSA) is 60.5 Å². The molecule has 0 aliphatic carbocycles. The van der Waals surface area contributed by atoms with Gasteiger partial charge in [-0.1, -0.05) is 57.0 Å². The Morgan fingerprint density at radius 3 is 2.43 bits per heavy atom. The highest BCUT2D eigenvalue weighted by Crippen LogP contribution is 2.36. The van der Waals surface area contributed by atoms with Crippen LogP contribution in [-0.2, 0) is 17.7 Å². The summed E-state index contributed by atoms with van der Waals surface area (Å²) >= 11 is 0. The van der Waals surface area contributed by atoms with E-state index in [2.05, 4.69) is 63.3 Å². The van der Waals surface area contributed by atoms with Crippen LogP contribution in [0.2, 0.25) is 0 Å². The molecule has 35 heavy (non-hydrogen) atoms. The van der Waals surface area contributed by atoms with Crippen molar-refractivity contribution in [3.63, 3.8) is 0 Å². The van der Waals surface area contributed by atoms with Gasteiger partial charge in [0.1, 0.15) is 11.4 Å². The van der Waals surface area contributed by atoms with Crippen molar-refractivity contribution in [2.75, 3.05) is 6.61 Å². The Labute approximate surface area is 210 Å². The first-order valence-corrected chi connectivity index (χ1v) is 12.7. The van der Waals surface area contributed by atoms with E-state index in [9.17, 15) is 4.79 Å². The standard InChI is InChI=1S/C30H40N2O3/c1-8-9-16-34-23-14-15-26-24(18-23)28(22-12-10-21(4)11-13-22)25(27(32-26)17-20(2)3)19-31-29(33)35-30(5,6)7/h10-15,18,20H,8-9,16-17,19H2,1-7H3,(H,31,33). The number of fused-ring (bicyclic) bond motifs is 1. The number of nitrogens with one attached hydrogen (secondary N) is 1. The minimum atomic E-state index is -0.559. The quantitative estimate of drug-likeness (QED) is 0.323. The highest BCUT2D eigenvalue weighted by Gasteiger charge is 2.21. The lowest BCUT2D eigenvalue weighted by atomic mass is 9.91. The van der Waals surface area contributed by atoms with E-state index in [0.717, 1.165) is 58.3 Å². The normalized spacial score (nSPS) is 11.7. The number of aryl methyl sites for hydroxylation is 1. The predicted molar refractivity (Wildman–Crippen MR) is 144 cm³/mol. The molecule has 0 saturated carbocycles. The summed E-state index contributed by atoms with van der Waals surface area (Å²) in [4.78, 5) is 17.6. The van der Waals surface area contributed by atoms with Gasteiger partial charge in [0.15, 0.2) is 0 Å². The first-order chi connectivity index (χ1) is 16.6. The molecule has 3 rings (SSSR count). The number of unbranched alkanes of at least 4 members (excludes halogenated alkanes) is 1. The number of hydrogen-bond acceptors (Lipinski definition) is 4. The van der Waals surface area contributed by atoms with Crippen LogP contribution >= 0.6 is 0 Å². The summed E-state index contributed by atoms with van der Waals surface area (Å²) in [7, 11) is 0. The minimum absolute atomic E-state index is 0.337. The average Bonchev–Trinajstić information content (AvgIpc) is 2.77. The van der Waals surface area contributed by atoms with Gasteiger partial charge in [-0.2, -0.15) is 0 Å². The van der Waals surface area contributed by atoms with Crippen molar-refractivity contribution in [1.29, 1.82) is 0 Å². The second-order valence-electron chi connectivity index (χ2n) is 10.6. The number of pyridine rings is 1. The third-order valence-electron chi connectivity index (χ3n) is 5.66. The van der Waals surface area contributed by atoms with Crippen LogP contribution in [0.15, 0.2) is 42.5 Å². The lowest BCUT2D eigenvalue weighted by molar-refractivity contribution is 0.0523. The van der Waals surface area contributed by atoms with E-state index in [1.165, 1.54) is 5.56 Å². The number of amides is 1. The number of carbonyl (C=O) groups is 1. The molecule has 0 spiro atoms. The SMILES string of the molecule is CCCCOc1ccc2nc(CC(C)C)c(CNC(=O)OC(C)(C)C)c(-c3ccc(C)cc3)c2c1. The molecule has 0 unspecified atom stereocenters. The fourth-order valence-electron chi connectivity index (χ4n) is 4.03. The molecule has 0 bridgehead atoms. The maximum Gasteiger partial charge on any atom is 0.407 e. The molecule has 0 atom stereocenters. The Morgan fingerprint density at radius 2 is 1.80 bits per heavy atom. The zero-order valence-corrected chi connectivity index (χ0v) is 22.3. The monoisotopic (exact) mass is 476 g/mol. The van der Waals surface area contributed by atoms with Gasteiger partial charge in [-0.15, -0.1) is 0 Å². The highest BCUT2D eigenvalue weighted by atomic mass is 16.6. The van der Waals surface area contributed by atoms with Crippen molar-refractivity contribution >= 4 is 17.0 Å². The van der Waals surface area contributed by atoms with E-state index in [4.69, 9.17) is 14.5 Å². The van der Waals surface area contributed by atoms with Crippen LogP contribution in [-0.4, -0.2) is 23.3 Å². The maximum atomic E-state index is 12.5. The molecule has 0 radical (unpaired) electrons. The number of aromatic nitrogens is 1. The lowest BCUT2D eigenvalue weighted by Crippen LogP contribution is -2.32. The number of hydrogen-bond donors (Lipinski definition) is 1. The third-order valence-corrected chi connectivity index (χ3v) is 5.66. The molecule has 5 heteroatoms. The molecular weight excluding hydrogens is 436 g/mol. The van der Waals surface area contributed by atoms with Gasteiger partial charge in [-0.05, 0) is 75.8 Å². The van der Waals surface area contributed by atoms with Gasteiger partial charge >= 0.3 is 6.09 Å². The zero-order valence-electron chi connectivity index (χ0n) is 22.3. The van der Waals surface area contributed by atoms with Gasteiger partial charge in [0.25, 0.3) is 0 Å². The van der Waals surface area contributed by atoms with Gasteiger partial charge in [0, 0.05) is 23.2 Å². The van der Waals surface area contributed by atoms with Gasteiger partial charge in [0.05, 0.1) is 12.1 Å². The Bertz CT molecular complexity index is 1140. The van der Waals surface area contributed by atoms with Crippen molar-refractivity contribution in [1.82, 2.24) is 10.3 Å². The van der Waals surface area contributed by atoms with Crippen LogP contribution < -0.4 is 10.1 Å². The van der Waals surface area contributed by atoms with Crippen molar-refractivity contribution in [2.24, 2.45) is 5.92 Å². The van der Waals surface area contributed by atoms with Gasteiger partial charge in [-0.3, -0.25) is 4.98 Å². The summed E-state index contributed by atoms with van der Waals surface area (Å²) < 4.78 is 11.5. The number of benzene rings is 2. The summed E-state index contributed by atoms with van der Waals surface area (Å²) in [5.41, 5.74) is 5.77. The summed E-state index contributed by atoms with van der Waals surface area (Å²) in [5.74, 6) is 1.26. The van der Waals surface area contributed by atoms with E-state index in [1.807, 2.05) is 32.9 Å². The Kier molecular flexibility index (Phi) is 8.76. The minimum Gasteiger partial charge on any atom is -0.494 e. The molecule has 1 aromatic heterocycles. The number of carbonyl (C=O) groups excluding carboxylic acids is 1. The summed E-state index contributed by atoms with van der Waals surface area (Å²) in [6, 6.07) is 14.7. The molecule has 5 nitrogen and oxygen atoms in total. The molecular formula is C30H40N2O3. The molecule has 1 N–H and O–H groups in total. The molecule has 188 valence electrons. The fourth-order valence-corrected chi connectivity index (χ4v) is 4.03. The average molecular weight is 477 g/mol. The van der Waals surface area contributed by atoms with E-state index < -0.39 is 11.7 Å². The van der Waals surface area contributed by atoms with Crippen LogP contribution in [0.1, 0.15) is 71.2 Å². The first-order valence-electron chi connectivity index (χ1n) is 12.7. The first kappa shape index (κ1) is 26.5. The molecule has 2 aromatic carbocycles. The number of nitrogens with zero attached hydrogens (tertiary/aromatic N) is 1. The number of ether oxygens (including phenoxy) is 2. The maximum absolute atomic E-state index is 12.5. The van der Waals surface area contributed by atoms with Crippen LogP contribution in [0, 0.1) is 12.8 Å².